The van der Waals surface area contributed by atoms with E-state index in [1.165, 1.54) is 46.9 Å². The van der Waals surface area contributed by atoms with E-state index in [1.807, 2.05) is 0 Å². The van der Waals surface area contributed by atoms with Crippen LogP contribution in [0.3, 0.4) is 0 Å². The van der Waals surface area contributed by atoms with Crippen molar-refractivity contribution in [3.05, 3.63) is 82.6 Å². The Labute approximate surface area is 246 Å². The number of carbonyl (C=O) groups excluding carboxylic acids is 3. The summed E-state index contributed by atoms with van der Waals surface area (Å²) in [5.74, 6) is -1.47. The number of hydrogen-bond donors (Lipinski definition) is 4. The maximum atomic E-state index is 13.4. The Bertz CT molecular complexity index is 1620. The molecule has 11 nitrogen and oxygen atoms in total. The second-order valence-corrected chi connectivity index (χ2v) is 12.7. The molecule has 1 saturated heterocycles. The number of amides is 3. The van der Waals surface area contributed by atoms with Crippen LogP contribution in [-0.2, 0) is 14.8 Å². The number of H-pyrrole nitrogens is 1. The molecule has 2 aromatic carbocycles. The van der Waals surface area contributed by atoms with Crippen molar-refractivity contribution in [3.63, 3.8) is 0 Å². The Hall–Kier alpha value is -3.71. The minimum atomic E-state index is -3.79. The minimum absolute atomic E-state index is 0.0486. The molecule has 3 amide bonds. The second kappa shape index (κ2) is 11.3. The normalized spacial score (nSPS) is 20.3. The molecule has 1 aromatic heterocycles. The summed E-state index contributed by atoms with van der Waals surface area (Å²) in [4.78, 5) is 37.5. The number of carbonyl (C=O) groups is 3. The predicted molar refractivity (Wildman–Crippen MR) is 155 cm³/mol. The molecule has 2 atom stereocenters. The molecule has 0 bridgehead atoms. The van der Waals surface area contributed by atoms with Gasteiger partial charge in [-0.1, -0.05) is 35.8 Å². The molecule has 41 heavy (non-hydrogen) atoms. The molecule has 14 heteroatoms. The van der Waals surface area contributed by atoms with Gasteiger partial charge in [-0.3, -0.25) is 19.5 Å². The first-order chi connectivity index (χ1) is 19.5. The van der Waals surface area contributed by atoms with Crippen LogP contribution in [-0.4, -0.2) is 59.8 Å². The molecule has 2 fully saturated rings. The molecule has 2 aliphatic rings. The molecule has 1 aliphatic carbocycles. The molecular formula is C27H26Cl2N6O5S. The fourth-order valence-electron chi connectivity index (χ4n) is 5.06. The topological polar surface area (TPSA) is 153 Å². The van der Waals surface area contributed by atoms with Crippen LogP contribution in [0.15, 0.2) is 66.2 Å². The zero-order valence-electron chi connectivity index (χ0n) is 21.6. The van der Waals surface area contributed by atoms with E-state index in [9.17, 15) is 22.8 Å². The Morgan fingerprint density at radius 1 is 1.07 bits per heavy atom. The van der Waals surface area contributed by atoms with E-state index < -0.39 is 33.2 Å². The summed E-state index contributed by atoms with van der Waals surface area (Å²) in [5, 5.41) is 15.0. The molecule has 5 rings (SSSR count). The highest BCUT2D eigenvalue weighted by Crippen LogP contribution is 2.53. The van der Waals surface area contributed by atoms with E-state index in [1.54, 1.807) is 6.07 Å². The molecule has 214 valence electrons. The molecule has 1 aliphatic heterocycles. The summed E-state index contributed by atoms with van der Waals surface area (Å²) in [6.45, 7) is 4.01. The van der Waals surface area contributed by atoms with Crippen molar-refractivity contribution in [2.24, 2.45) is 5.41 Å². The number of sulfonamides is 1. The van der Waals surface area contributed by atoms with Gasteiger partial charge in [0.05, 0.1) is 32.4 Å². The van der Waals surface area contributed by atoms with Crippen LogP contribution in [0.1, 0.15) is 40.1 Å². The van der Waals surface area contributed by atoms with Crippen molar-refractivity contribution in [1.82, 2.24) is 19.8 Å². The zero-order valence-corrected chi connectivity index (χ0v) is 23.9. The van der Waals surface area contributed by atoms with Crippen LogP contribution in [0.2, 0.25) is 10.0 Å². The van der Waals surface area contributed by atoms with Crippen LogP contribution < -0.4 is 16.0 Å². The van der Waals surface area contributed by atoms with E-state index in [0.29, 0.717) is 25.1 Å². The van der Waals surface area contributed by atoms with Crippen LogP contribution in [0, 0.1) is 5.41 Å². The van der Waals surface area contributed by atoms with Gasteiger partial charge < -0.3 is 16.0 Å². The standard InChI is InChI=1S/C27H26Cl2N6O5S/c1-2-22(36)31-16-7-9-17(10-8-16)41(39,40)35-12-4-11-27(15-35)13-21(27)33-26(38)24-20(14-30-34-24)32-25(37)23-18(28)5-3-6-19(23)29/h2-3,5-10,14,21H,1,4,11-13,15H2,(H,30,34)(H,31,36)(H,32,37)(H,33,38). The van der Waals surface area contributed by atoms with Crippen molar-refractivity contribution < 1.29 is 22.8 Å². The number of rotatable bonds is 8. The van der Waals surface area contributed by atoms with Crippen molar-refractivity contribution in [1.29, 1.82) is 0 Å². The van der Waals surface area contributed by atoms with Gasteiger partial charge in [0.25, 0.3) is 11.8 Å². The number of nitrogens with one attached hydrogen (secondary N) is 4. The van der Waals surface area contributed by atoms with E-state index in [-0.39, 0.29) is 44.5 Å². The maximum absolute atomic E-state index is 13.4. The number of piperidine rings is 1. The van der Waals surface area contributed by atoms with Gasteiger partial charge in [0, 0.05) is 30.2 Å². The quantitative estimate of drug-likeness (QED) is 0.280. The molecule has 3 aromatic rings. The minimum Gasteiger partial charge on any atom is -0.347 e. The summed E-state index contributed by atoms with van der Waals surface area (Å²) >= 11 is 12.3. The number of anilines is 2. The van der Waals surface area contributed by atoms with E-state index in [2.05, 4.69) is 32.7 Å². The lowest BCUT2D eigenvalue weighted by Gasteiger charge is -2.33. The zero-order chi connectivity index (χ0) is 29.4. The van der Waals surface area contributed by atoms with Crippen molar-refractivity contribution >= 4 is 62.3 Å². The van der Waals surface area contributed by atoms with Gasteiger partial charge in [-0.25, -0.2) is 8.42 Å². The molecule has 1 saturated carbocycles. The number of halogens is 2. The van der Waals surface area contributed by atoms with Gasteiger partial charge in [0.1, 0.15) is 5.69 Å². The van der Waals surface area contributed by atoms with E-state index in [4.69, 9.17) is 23.2 Å². The molecule has 1 spiro atoms. The van der Waals surface area contributed by atoms with Crippen LogP contribution >= 0.6 is 23.2 Å². The Morgan fingerprint density at radius 2 is 1.78 bits per heavy atom. The number of hydrogen-bond acceptors (Lipinski definition) is 6. The third-order valence-corrected chi connectivity index (χ3v) is 9.81. The van der Waals surface area contributed by atoms with Gasteiger partial charge in [0.15, 0.2) is 0 Å². The summed E-state index contributed by atoms with van der Waals surface area (Å²) in [6, 6.07) is 10.4. The van der Waals surface area contributed by atoms with Crippen LogP contribution in [0.25, 0.3) is 0 Å². The van der Waals surface area contributed by atoms with Crippen LogP contribution in [0.4, 0.5) is 11.4 Å². The monoisotopic (exact) mass is 616 g/mol. The molecule has 4 N–H and O–H groups in total. The Morgan fingerprint density at radius 3 is 2.46 bits per heavy atom. The summed E-state index contributed by atoms with van der Waals surface area (Å²) in [7, 11) is -3.79. The lowest BCUT2D eigenvalue weighted by atomic mass is 9.95. The maximum Gasteiger partial charge on any atom is 0.271 e. The van der Waals surface area contributed by atoms with Gasteiger partial charge in [-0.2, -0.15) is 9.40 Å². The Kier molecular flexibility index (Phi) is 7.93. The third kappa shape index (κ3) is 5.87. The third-order valence-electron chi connectivity index (χ3n) is 7.32. The average molecular weight is 618 g/mol. The largest absolute Gasteiger partial charge is 0.347 e. The summed E-state index contributed by atoms with van der Waals surface area (Å²) < 4.78 is 28.2. The lowest BCUT2D eigenvalue weighted by molar-refractivity contribution is -0.111. The first-order valence-corrected chi connectivity index (χ1v) is 14.9. The second-order valence-electron chi connectivity index (χ2n) is 9.96. The number of benzene rings is 2. The lowest BCUT2D eigenvalue weighted by Crippen LogP contribution is -2.44. The van der Waals surface area contributed by atoms with E-state index in [0.717, 1.165) is 12.5 Å². The number of nitrogens with zero attached hydrogens (tertiary/aromatic N) is 2. The van der Waals surface area contributed by atoms with Crippen molar-refractivity contribution in [2.45, 2.75) is 30.2 Å². The van der Waals surface area contributed by atoms with Gasteiger partial charge in [-0.15, -0.1) is 0 Å². The number of aromatic amines is 1. The first kappa shape index (κ1) is 28.8. The highest BCUT2D eigenvalue weighted by Gasteiger charge is 2.58. The fourth-order valence-corrected chi connectivity index (χ4v) is 7.21. The average Bonchev–Trinajstić information content (AvgIpc) is 3.35. The van der Waals surface area contributed by atoms with Gasteiger partial charge in [0.2, 0.25) is 15.9 Å². The smallest absolute Gasteiger partial charge is 0.271 e. The fraction of sp³-hybridized carbons (Fsp3) is 0.259. The molecular weight excluding hydrogens is 591 g/mol. The number of aromatic nitrogens is 2. The van der Waals surface area contributed by atoms with Crippen LogP contribution in [0.5, 0.6) is 0 Å². The molecule has 2 heterocycles. The van der Waals surface area contributed by atoms with Gasteiger partial charge >= 0.3 is 0 Å². The van der Waals surface area contributed by atoms with Crippen molar-refractivity contribution in [3.8, 4) is 0 Å². The SMILES string of the molecule is C=CC(=O)Nc1ccc(S(=O)(=O)N2CCCC3(CC3NC(=O)c3[nH]ncc3NC(=O)c3c(Cl)cccc3Cl)C2)cc1. The van der Waals surface area contributed by atoms with E-state index >= 15 is 0 Å². The highest BCUT2D eigenvalue weighted by atomic mass is 35.5. The summed E-state index contributed by atoms with van der Waals surface area (Å²) in [5.41, 5.74) is 0.335. The molecule has 2 unspecified atom stereocenters. The Balaban J connectivity index is 1.23. The van der Waals surface area contributed by atoms with Gasteiger partial charge in [-0.05, 0) is 61.7 Å². The highest BCUT2D eigenvalue weighted by molar-refractivity contribution is 7.89. The first-order valence-electron chi connectivity index (χ1n) is 12.7. The van der Waals surface area contributed by atoms with Crippen molar-refractivity contribution in [2.75, 3.05) is 23.7 Å². The summed E-state index contributed by atoms with van der Waals surface area (Å²) in [6.07, 6.45) is 4.45. The predicted octanol–water partition coefficient (Wildman–Crippen LogP) is 4.07. The molecule has 0 radical (unpaired) electrons.